The lowest BCUT2D eigenvalue weighted by atomic mass is 10.1. The van der Waals surface area contributed by atoms with Crippen molar-refractivity contribution in [3.8, 4) is 0 Å². The zero-order valence-electron chi connectivity index (χ0n) is 13.9. The monoisotopic (exact) mass is 364 g/mol. The van der Waals surface area contributed by atoms with E-state index in [1.165, 1.54) is 22.6 Å². The first kappa shape index (κ1) is 17.6. The number of carbonyl (C=O) groups is 1. The average Bonchev–Trinajstić information content (AvgIpc) is 3.12. The largest absolute Gasteiger partial charge is 0.477 e. The predicted molar refractivity (Wildman–Crippen MR) is 93.5 cm³/mol. The second-order valence-electron chi connectivity index (χ2n) is 6.16. The van der Waals surface area contributed by atoms with Crippen molar-refractivity contribution in [2.24, 2.45) is 0 Å². The minimum Gasteiger partial charge on any atom is -0.477 e. The number of hydrogen-bond donors (Lipinski definition) is 1. The Balaban J connectivity index is 2.24. The summed E-state index contributed by atoms with van der Waals surface area (Å²) in [6.07, 6.45) is 3.72. The maximum atomic E-state index is 12.7. The Labute approximate surface area is 145 Å². The van der Waals surface area contributed by atoms with E-state index < -0.39 is 21.4 Å². The number of sulfonamides is 1. The summed E-state index contributed by atoms with van der Waals surface area (Å²) in [7, 11) is -3.67. The lowest BCUT2D eigenvalue weighted by molar-refractivity contribution is 0.0695. The van der Waals surface area contributed by atoms with Gasteiger partial charge in [-0.3, -0.25) is 4.79 Å². The molecular weight excluding hydrogens is 344 g/mol. The summed E-state index contributed by atoms with van der Waals surface area (Å²) in [5.74, 6) is -1.32. The number of carboxylic acid groups (broad SMARTS) is 1. The number of pyridine rings is 1. The molecule has 0 radical (unpaired) electrons. The lowest BCUT2D eigenvalue weighted by Gasteiger charge is -2.17. The molecule has 8 heteroatoms. The van der Waals surface area contributed by atoms with Crippen molar-refractivity contribution >= 4 is 26.9 Å². The molecule has 1 aliphatic rings. The van der Waals surface area contributed by atoms with Crippen LogP contribution >= 0.6 is 0 Å². The summed E-state index contributed by atoms with van der Waals surface area (Å²) in [5.41, 5.74) is -0.470. The highest BCUT2D eigenvalue weighted by Crippen LogP contribution is 2.24. The molecule has 2 heterocycles. The van der Waals surface area contributed by atoms with E-state index in [9.17, 15) is 23.1 Å². The van der Waals surface area contributed by atoms with E-state index in [4.69, 9.17) is 0 Å². The predicted octanol–water partition coefficient (Wildman–Crippen LogP) is 1.89. The molecule has 1 fully saturated rings. The van der Waals surface area contributed by atoms with E-state index in [-0.39, 0.29) is 15.8 Å². The smallest absolute Gasteiger partial charge is 0.341 e. The first-order chi connectivity index (χ1) is 11.9. The minimum atomic E-state index is -3.67. The molecule has 1 N–H and O–H groups in total. The van der Waals surface area contributed by atoms with Crippen LogP contribution in [0.25, 0.3) is 10.9 Å². The van der Waals surface area contributed by atoms with Gasteiger partial charge in [0.1, 0.15) is 5.56 Å². The molecule has 1 aromatic heterocycles. The van der Waals surface area contributed by atoms with Crippen LogP contribution in [-0.4, -0.2) is 41.5 Å². The molecule has 0 spiro atoms. The van der Waals surface area contributed by atoms with E-state index >= 15 is 0 Å². The quantitative estimate of drug-likeness (QED) is 0.874. The highest BCUT2D eigenvalue weighted by atomic mass is 32.2. The van der Waals surface area contributed by atoms with Crippen LogP contribution in [0.3, 0.4) is 0 Å². The van der Waals surface area contributed by atoms with Gasteiger partial charge in [-0.1, -0.05) is 6.92 Å². The van der Waals surface area contributed by atoms with Gasteiger partial charge in [0, 0.05) is 31.2 Å². The van der Waals surface area contributed by atoms with Crippen molar-refractivity contribution in [2.75, 3.05) is 13.1 Å². The minimum absolute atomic E-state index is 0.0320. The van der Waals surface area contributed by atoms with E-state index in [1.807, 2.05) is 6.92 Å². The molecular formula is C17H20N2O5S. The van der Waals surface area contributed by atoms with Gasteiger partial charge in [-0.15, -0.1) is 0 Å². The molecule has 134 valence electrons. The van der Waals surface area contributed by atoms with Crippen LogP contribution in [0.1, 0.15) is 36.5 Å². The van der Waals surface area contributed by atoms with E-state index in [1.54, 1.807) is 10.6 Å². The molecule has 2 aromatic rings. The zero-order valence-corrected chi connectivity index (χ0v) is 14.8. The summed E-state index contributed by atoms with van der Waals surface area (Å²) in [6.45, 7) is 3.41. The van der Waals surface area contributed by atoms with Crippen LogP contribution in [0.2, 0.25) is 0 Å². The molecule has 1 aliphatic heterocycles. The van der Waals surface area contributed by atoms with E-state index in [2.05, 4.69) is 0 Å². The lowest BCUT2D eigenvalue weighted by Crippen LogP contribution is -2.28. The van der Waals surface area contributed by atoms with Gasteiger partial charge in [0.25, 0.3) is 0 Å². The molecule has 7 nitrogen and oxygen atoms in total. The number of benzene rings is 1. The second-order valence-corrected chi connectivity index (χ2v) is 8.10. The molecule has 1 saturated heterocycles. The SMILES string of the molecule is CCCn1cc(C(=O)O)c(=O)c2cc(S(=O)(=O)N3CCCC3)ccc21. The molecule has 0 bridgehead atoms. The first-order valence-corrected chi connectivity index (χ1v) is 9.71. The van der Waals surface area contributed by atoms with Gasteiger partial charge in [-0.05, 0) is 37.5 Å². The van der Waals surface area contributed by atoms with Gasteiger partial charge in [0.15, 0.2) is 0 Å². The number of rotatable bonds is 5. The van der Waals surface area contributed by atoms with Gasteiger partial charge in [0.2, 0.25) is 15.5 Å². The molecule has 0 aliphatic carbocycles. The van der Waals surface area contributed by atoms with Gasteiger partial charge >= 0.3 is 5.97 Å². The Hall–Kier alpha value is -2.19. The molecule has 25 heavy (non-hydrogen) atoms. The molecule has 0 unspecified atom stereocenters. The number of aromatic carboxylic acids is 1. The van der Waals surface area contributed by atoms with Gasteiger partial charge in [-0.2, -0.15) is 4.31 Å². The highest BCUT2D eigenvalue weighted by molar-refractivity contribution is 7.89. The highest BCUT2D eigenvalue weighted by Gasteiger charge is 2.28. The molecule has 3 rings (SSSR count). The maximum absolute atomic E-state index is 12.7. The fraction of sp³-hybridized carbons (Fsp3) is 0.412. The zero-order chi connectivity index (χ0) is 18.2. The Bertz CT molecular complexity index is 988. The molecule has 1 aromatic carbocycles. The topological polar surface area (TPSA) is 96.7 Å². The van der Waals surface area contributed by atoms with Crippen LogP contribution in [0, 0.1) is 0 Å². The van der Waals surface area contributed by atoms with Gasteiger partial charge in [0.05, 0.1) is 10.4 Å². The summed E-state index contributed by atoms with van der Waals surface area (Å²) in [6, 6.07) is 4.38. The third-order valence-electron chi connectivity index (χ3n) is 4.45. The molecule has 0 amide bonds. The number of nitrogens with zero attached hydrogens (tertiary/aromatic N) is 2. The van der Waals surface area contributed by atoms with Crippen molar-refractivity contribution < 1.29 is 18.3 Å². The van der Waals surface area contributed by atoms with Crippen molar-refractivity contribution in [1.82, 2.24) is 8.87 Å². The summed E-state index contributed by atoms with van der Waals surface area (Å²) in [5, 5.41) is 9.40. The fourth-order valence-electron chi connectivity index (χ4n) is 3.19. The average molecular weight is 364 g/mol. The molecule has 0 saturated carbocycles. The van der Waals surface area contributed by atoms with Crippen molar-refractivity contribution in [2.45, 2.75) is 37.6 Å². The van der Waals surface area contributed by atoms with Crippen LogP contribution in [0.5, 0.6) is 0 Å². The van der Waals surface area contributed by atoms with E-state index in [0.29, 0.717) is 25.2 Å². The summed E-state index contributed by atoms with van der Waals surface area (Å²) in [4.78, 5) is 23.9. The van der Waals surface area contributed by atoms with Gasteiger partial charge in [-0.25, -0.2) is 13.2 Å². The van der Waals surface area contributed by atoms with Crippen LogP contribution in [-0.2, 0) is 16.6 Å². The fourth-order valence-corrected chi connectivity index (χ4v) is 4.74. The maximum Gasteiger partial charge on any atom is 0.341 e. The Morgan fingerprint density at radius 3 is 2.52 bits per heavy atom. The Morgan fingerprint density at radius 1 is 1.24 bits per heavy atom. The first-order valence-electron chi connectivity index (χ1n) is 8.27. The summed E-state index contributed by atoms with van der Waals surface area (Å²) >= 11 is 0. The number of carboxylic acids is 1. The van der Waals surface area contributed by atoms with E-state index in [0.717, 1.165) is 19.3 Å². The normalized spacial score (nSPS) is 15.7. The third kappa shape index (κ3) is 3.07. The third-order valence-corrected chi connectivity index (χ3v) is 6.34. The Morgan fingerprint density at radius 2 is 1.92 bits per heavy atom. The standard InChI is InChI=1S/C17H20N2O5S/c1-2-7-18-11-14(17(21)22)16(20)13-10-12(5-6-15(13)18)25(23,24)19-8-3-4-9-19/h5-6,10-11H,2-4,7-9H2,1H3,(H,21,22). The van der Waals surface area contributed by atoms with Crippen molar-refractivity contribution in [3.63, 3.8) is 0 Å². The van der Waals surface area contributed by atoms with Crippen LogP contribution in [0.4, 0.5) is 0 Å². The Kier molecular flexibility index (Phi) is 4.66. The van der Waals surface area contributed by atoms with Crippen LogP contribution < -0.4 is 5.43 Å². The number of aromatic nitrogens is 1. The van der Waals surface area contributed by atoms with Crippen molar-refractivity contribution in [3.05, 3.63) is 40.2 Å². The number of hydrogen-bond acceptors (Lipinski definition) is 4. The van der Waals surface area contributed by atoms with Crippen molar-refractivity contribution in [1.29, 1.82) is 0 Å². The number of aryl methyl sites for hydroxylation is 1. The summed E-state index contributed by atoms with van der Waals surface area (Å²) < 4.78 is 28.5. The van der Waals surface area contributed by atoms with Gasteiger partial charge < -0.3 is 9.67 Å². The second kappa shape index (κ2) is 6.61. The number of fused-ring (bicyclic) bond motifs is 1. The molecule has 0 atom stereocenters. The van der Waals surface area contributed by atoms with Crippen LogP contribution in [0.15, 0.2) is 34.1 Å².